The van der Waals surface area contributed by atoms with Crippen LogP contribution in [0.2, 0.25) is 0 Å². The highest BCUT2D eigenvalue weighted by atomic mass is 16.5. The molecule has 6 nitrogen and oxygen atoms in total. The predicted octanol–water partition coefficient (Wildman–Crippen LogP) is 2.86. The van der Waals surface area contributed by atoms with Crippen LogP contribution in [0.3, 0.4) is 0 Å². The van der Waals surface area contributed by atoms with Crippen LogP contribution in [-0.2, 0) is 17.8 Å². The normalized spacial score (nSPS) is 19.8. The van der Waals surface area contributed by atoms with E-state index in [-0.39, 0.29) is 18.0 Å². The number of nitrogens with one attached hydrogen (secondary N) is 1. The Morgan fingerprint density at radius 2 is 1.59 bits per heavy atom. The molecule has 154 valence electrons. The van der Waals surface area contributed by atoms with Crippen molar-refractivity contribution in [1.29, 1.82) is 0 Å². The van der Waals surface area contributed by atoms with Crippen LogP contribution in [0.4, 0.5) is 0 Å². The lowest BCUT2D eigenvalue weighted by molar-refractivity contribution is -0.139. The Hall–Kier alpha value is -2.70. The van der Waals surface area contributed by atoms with Crippen molar-refractivity contribution in [2.45, 2.75) is 45.3 Å². The van der Waals surface area contributed by atoms with Crippen molar-refractivity contribution >= 4 is 11.8 Å². The molecule has 0 bridgehead atoms. The first-order valence-electron chi connectivity index (χ1n) is 10.1. The second-order valence-corrected chi connectivity index (χ2v) is 7.82. The number of hydrogen-bond acceptors (Lipinski definition) is 4. The highest BCUT2D eigenvalue weighted by molar-refractivity contribution is 5.93. The molecule has 1 aliphatic rings. The van der Waals surface area contributed by atoms with Gasteiger partial charge in [-0.05, 0) is 43.5 Å². The Morgan fingerprint density at radius 3 is 2.17 bits per heavy atom. The number of amides is 2. The summed E-state index contributed by atoms with van der Waals surface area (Å²) in [6.07, 6.45) is 1.31. The van der Waals surface area contributed by atoms with Gasteiger partial charge in [0.2, 0.25) is 5.91 Å². The molecule has 1 aliphatic heterocycles. The van der Waals surface area contributed by atoms with Crippen LogP contribution in [-0.4, -0.2) is 52.0 Å². The van der Waals surface area contributed by atoms with Gasteiger partial charge in [0.05, 0.1) is 0 Å². The predicted molar refractivity (Wildman–Crippen MR) is 112 cm³/mol. The van der Waals surface area contributed by atoms with E-state index in [0.29, 0.717) is 12.0 Å². The summed E-state index contributed by atoms with van der Waals surface area (Å²) >= 11 is 0. The van der Waals surface area contributed by atoms with Gasteiger partial charge in [-0.3, -0.25) is 19.7 Å². The second kappa shape index (κ2) is 9.67. The van der Waals surface area contributed by atoms with Crippen molar-refractivity contribution in [3.63, 3.8) is 0 Å². The zero-order valence-corrected chi connectivity index (χ0v) is 17.0. The molecule has 1 heterocycles. The van der Waals surface area contributed by atoms with Gasteiger partial charge in [-0.2, -0.15) is 0 Å². The smallest absolute Gasteiger partial charge is 0.274 e. The van der Waals surface area contributed by atoms with E-state index in [9.17, 15) is 9.59 Å². The summed E-state index contributed by atoms with van der Waals surface area (Å²) in [7, 11) is 0. The van der Waals surface area contributed by atoms with E-state index in [2.05, 4.69) is 30.9 Å². The molecule has 1 fully saturated rings. The maximum atomic E-state index is 12.8. The first-order valence-corrected chi connectivity index (χ1v) is 10.1. The van der Waals surface area contributed by atoms with E-state index in [0.717, 1.165) is 31.6 Å². The summed E-state index contributed by atoms with van der Waals surface area (Å²) < 4.78 is 0. The van der Waals surface area contributed by atoms with Crippen LogP contribution in [0.1, 0.15) is 41.8 Å². The van der Waals surface area contributed by atoms with E-state index in [1.165, 1.54) is 5.56 Å². The fraction of sp³-hybridized carbons (Fsp3) is 0.391. The van der Waals surface area contributed by atoms with Gasteiger partial charge in [-0.1, -0.05) is 42.5 Å². The van der Waals surface area contributed by atoms with Crippen LogP contribution in [0.15, 0.2) is 54.6 Å². The van der Waals surface area contributed by atoms with Crippen molar-refractivity contribution in [1.82, 2.24) is 15.3 Å². The van der Waals surface area contributed by atoms with Crippen molar-refractivity contribution in [3.05, 3.63) is 71.3 Å². The van der Waals surface area contributed by atoms with Crippen molar-refractivity contribution in [3.8, 4) is 0 Å². The SMILES string of the molecule is CC1CN(Cc2ccc(C(=O)NO)cc2)CC(C)N1C(=O)CCc1ccccc1. The zero-order chi connectivity index (χ0) is 20.8. The maximum Gasteiger partial charge on any atom is 0.274 e. The Morgan fingerprint density at radius 1 is 0.966 bits per heavy atom. The molecular formula is C23H29N3O3. The minimum atomic E-state index is -0.513. The number of nitrogens with zero attached hydrogens (tertiary/aromatic N) is 2. The standard InChI is InChI=1S/C23H29N3O3/c1-17-14-25(16-20-8-11-21(12-9-20)23(28)24-29)15-18(2)26(17)22(27)13-10-19-6-4-3-5-7-19/h3-9,11-12,17-18,29H,10,13-16H2,1-2H3,(H,24,28). The summed E-state index contributed by atoms with van der Waals surface area (Å²) in [5, 5.41) is 8.71. The molecule has 2 amide bonds. The van der Waals surface area contributed by atoms with Gasteiger partial charge >= 0.3 is 0 Å². The van der Waals surface area contributed by atoms with E-state index in [1.54, 1.807) is 17.6 Å². The number of rotatable bonds is 6. The summed E-state index contributed by atoms with van der Waals surface area (Å²) in [6.45, 7) is 6.62. The first-order chi connectivity index (χ1) is 14.0. The fourth-order valence-electron chi connectivity index (χ4n) is 4.16. The van der Waals surface area contributed by atoms with E-state index < -0.39 is 5.91 Å². The zero-order valence-electron chi connectivity index (χ0n) is 17.0. The number of hydroxylamine groups is 1. The quantitative estimate of drug-likeness (QED) is 0.583. The molecule has 2 N–H and O–H groups in total. The molecule has 0 aliphatic carbocycles. The molecule has 29 heavy (non-hydrogen) atoms. The van der Waals surface area contributed by atoms with Crippen molar-refractivity contribution in [2.24, 2.45) is 0 Å². The molecule has 2 unspecified atom stereocenters. The fourth-order valence-corrected chi connectivity index (χ4v) is 4.16. The van der Waals surface area contributed by atoms with Gasteiger partial charge < -0.3 is 4.90 Å². The van der Waals surface area contributed by atoms with Crippen molar-refractivity contribution < 1.29 is 14.8 Å². The minimum absolute atomic E-state index is 0.154. The molecule has 2 atom stereocenters. The van der Waals surface area contributed by atoms with Crippen LogP contribution >= 0.6 is 0 Å². The average molecular weight is 396 g/mol. The van der Waals surface area contributed by atoms with Gasteiger partial charge in [0.25, 0.3) is 5.91 Å². The van der Waals surface area contributed by atoms with Gasteiger partial charge in [0.15, 0.2) is 0 Å². The number of benzene rings is 2. The second-order valence-electron chi connectivity index (χ2n) is 7.82. The number of piperazine rings is 1. The van der Waals surface area contributed by atoms with Crippen LogP contribution in [0.5, 0.6) is 0 Å². The maximum absolute atomic E-state index is 12.8. The van der Waals surface area contributed by atoms with Crippen molar-refractivity contribution in [2.75, 3.05) is 13.1 Å². The van der Waals surface area contributed by atoms with Gasteiger partial charge in [0, 0.05) is 43.7 Å². The third kappa shape index (κ3) is 5.43. The summed E-state index contributed by atoms with van der Waals surface area (Å²) in [6, 6.07) is 17.6. The topological polar surface area (TPSA) is 72.9 Å². The van der Waals surface area contributed by atoms with E-state index >= 15 is 0 Å². The molecule has 3 rings (SSSR count). The van der Waals surface area contributed by atoms with E-state index in [1.807, 2.05) is 35.2 Å². The lowest BCUT2D eigenvalue weighted by Gasteiger charge is -2.44. The summed E-state index contributed by atoms with van der Waals surface area (Å²) in [5.74, 6) is -0.297. The minimum Gasteiger partial charge on any atom is -0.335 e. The third-order valence-corrected chi connectivity index (χ3v) is 5.48. The molecule has 0 saturated carbocycles. The van der Waals surface area contributed by atoms with E-state index in [4.69, 9.17) is 5.21 Å². The monoisotopic (exact) mass is 395 g/mol. The molecule has 0 spiro atoms. The van der Waals surface area contributed by atoms with Gasteiger partial charge in [-0.25, -0.2) is 5.48 Å². The number of aryl methyl sites for hydroxylation is 1. The van der Waals surface area contributed by atoms with Gasteiger partial charge in [-0.15, -0.1) is 0 Å². The Labute approximate surface area is 172 Å². The largest absolute Gasteiger partial charge is 0.335 e. The molecule has 6 heteroatoms. The molecule has 0 aromatic heterocycles. The molecule has 0 radical (unpaired) electrons. The molecule has 1 saturated heterocycles. The lowest BCUT2D eigenvalue weighted by Crippen LogP contribution is -2.58. The average Bonchev–Trinajstić information content (AvgIpc) is 2.72. The number of hydrogen-bond donors (Lipinski definition) is 2. The Bertz CT molecular complexity index is 811. The molecule has 2 aromatic carbocycles. The molecule has 2 aromatic rings. The van der Waals surface area contributed by atoms with Crippen LogP contribution in [0, 0.1) is 0 Å². The highest BCUT2D eigenvalue weighted by Crippen LogP contribution is 2.20. The summed E-state index contributed by atoms with van der Waals surface area (Å²) in [4.78, 5) is 28.7. The number of carbonyl (C=O) groups excluding carboxylic acids is 2. The highest BCUT2D eigenvalue weighted by Gasteiger charge is 2.32. The Balaban J connectivity index is 1.55. The number of carbonyl (C=O) groups is 2. The first kappa shape index (κ1) is 21.0. The van der Waals surface area contributed by atoms with Crippen LogP contribution in [0.25, 0.3) is 0 Å². The molecular weight excluding hydrogens is 366 g/mol. The summed E-state index contributed by atoms with van der Waals surface area (Å²) in [5.41, 5.74) is 4.36. The third-order valence-electron chi connectivity index (χ3n) is 5.48. The van der Waals surface area contributed by atoms with Gasteiger partial charge in [0.1, 0.15) is 0 Å². The Kier molecular flexibility index (Phi) is 7.01. The lowest BCUT2D eigenvalue weighted by atomic mass is 10.0. The van der Waals surface area contributed by atoms with Crippen LogP contribution < -0.4 is 5.48 Å².